The summed E-state index contributed by atoms with van der Waals surface area (Å²) in [4.78, 5) is 13.5. The third-order valence-corrected chi connectivity index (χ3v) is 3.22. The van der Waals surface area contributed by atoms with Gasteiger partial charge in [-0.25, -0.2) is 0 Å². The van der Waals surface area contributed by atoms with Crippen molar-refractivity contribution in [2.75, 3.05) is 6.54 Å². The van der Waals surface area contributed by atoms with Crippen molar-refractivity contribution in [2.24, 2.45) is 5.73 Å². The zero-order valence-electron chi connectivity index (χ0n) is 9.60. The van der Waals surface area contributed by atoms with Crippen LogP contribution in [0.1, 0.15) is 31.4 Å². The summed E-state index contributed by atoms with van der Waals surface area (Å²) in [5, 5.41) is 0. The quantitative estimate of drug-likeness (QED) is 0.779. The highest BCUT2D eigenvalue weighted by Crippen LogP contribution is 2.29. The largest absolute Gasteiger partial charge is 0.334 e. The van der Waals surface area contributed by atoms with Gasteiger partial charge in [0, 0.05) is 19.5 Å². The molecule has 0 spiro atoms. The van der Waals surface area contributed by atoms with Crippen LogP contribution in [0.3, 0.4) is 0 Å². The molecule has 0 radical (unpaired) electrons. The Labute approximate surface area is 96.2 Å². The van der Waals surface area contributed by atoms with E-state index < -0.39 is 0 Å². The number of nitrogens with zero attached hydrogens (tertiary/aromatic N) is 1. The molecule has 0 bridgehead atoms. The summed E-state index contributed by atoms with van der Waals surface area (Å²) < 4.78 is 0. The molecule has 86 valence electrons. The van der Waals surface area contributed by atoms with Crippen LogP contribution in [0.2, 0.25) is 0 Å². The molecular weight excluding hydrogens is 200 g/mol. The van der Waals surface area contributed by atoms with E-state index in [0.29, 0.717) is 0 Å². The van der Waals surface area contributed by atoms with Crippen molar-refractivity contribution in [2.45, 2.75) is 31.8 Å². The van der Waals surface area contributed by atoms with Gasteiger partial charge in [0.15, 0.2) is 0 Å². The molecule has 3 heteroatoms. The maximum absolute atomic E-state index is 11.6. The predicted octanol–water partition coefficient (Wildman–Crippen LogP) is 1.70. The number of rotatable bonds is 1. The fourth-order valence-corrected chi connectivity index (χ4v) is 2.46. The second-order valence-corrected chi connectivity index (χ2v) is 4.37. The molecule has 1 aromatic carbocycles. The van der Waals surface area contributed by atoms with Gasteiger partial charge in [-0.3, -0.25) is 4.79 Å². The lowest BCUT2D eigenvalue weighted by Crippen LogP contribution is -2.47. The molecule has 1 aromatic rings. The van der Waals surface area contributed by atoms with Crippen LogP contribution in [0.15, 0.2) is 30.3 Å². The number of hydrogen-bond donors (Lipinski definition) is 1. The van der Waals surface area contributed by atoms with Crippen LogP contribution in [0.4, 0.5) is 0 Å². The van der Waals surface area contributed by atoms with Gasteiger partial charge in [-0.15, -0.1) is 0 Å². The molecule has 1 heterocycles. The Kier molecular flexibility index (Phi) is 3.25. The number of amides is 1. The zero-order chi connectivity index (χ0) is 11.5. The highest BCUT2D eigenvalue weighted by atomic mass is 16.2. The molecule has 1 aliphatic rings. The first kappa shape index (κ1) is 11.1. The van der Waals surface area contributed by atoms with E-state index in [-0.39, 0.29) is 18.0 Å². The standard InChI is InChI=1S/C13H18N2O/c1-10(16)15-9-5-8-12(14)13(15)11-6-3-2-4-7-11/h2-4,6-7,12-13H,5,8-9,14H2,1H3/t12-,13-/m0/s1. The number of piperidine rings is 1. The third kappa shape index (κ3) is 2.09. The maximum Gasteiger partial charge on any atom is 0.220 e. The van der Waals surface area contributed by atoms with E-state index in [1.807, 2.05) is 35.2 Å². The summed E-state index contributed by atoms with van der Waals surface area (Å²) in [5.74, 6) is 0.115. The monoisotopic (exact) mass is 218 g/mol. The van der Waals surface area contributed by atoms with Crippen molar-refractivity contribution in [3.63, 3.8) is 0 Å². The van der Waals surface area contributed by atoms with Crippen molar-refractivity contribution in [1.29, 1.82) is 0 Å². The Balaban J connectivity index is 2.30. The van der Waals surface area contributed by atoms with Crippen LogP contribution in [0.5, 0.6) is 0 Å². The first-order chi connectivity index (χ1) is 7.70. The van der Waals surface area contributed by atoms with Crippen molar-refractivity contribution in [3.8, 4) is 0 Å². The number of carbonyl (C=O) groups excluding carboxylic acids is 1. The molecule has 1 amide bonds. The predicted molar refractivity (Wildman–Crippen MR) is 63.8 cm³/mol. The van der Waals surface area contributed by atoms with Crippen LogP contribution in [-0.4, -0.2) is 23.4 Å². The molecule has 2 atom stereocenters. The number of carbonyl (C=O) groups is 1. The Hall–Kier alpha value is -1.35. The minimum Gasteiger partial charge on any atom is -0.334 e. The molecule has 0 unspecified atom stereocenters. The van der Waals surface area contributed by atoms with E-state index in [1.54, 1.807) is 6.92 Å². The lowest BCUT2D eigenvalue weighted by Gasteiger charge is -2.39. The van der Waals surface area contributed by atoms with Gasteiger partial charge in [-0.1, -0.05) is 30.3 Å². The minimum absolute atomic E-state index is 0.0486. The number of hydrogen-bond acceptors (Lipinski definition) is 2. The summed E-state index contributed by atoms with van der Waals surface area (Å²) in [5.41, 5.74) is 7.29. The van der Waals surface area contributed by atoms with Crippen LogP contribution in [0.25, 0.3) is 0 Å². The van der Waals surface area contributed by atoms with E-state index in [4.69, 9.17) is 5.73 Å². The van der Waals surface area contributed by atoms with Crippen molar-refractivity contribution in [1.82, 2.24) is 4.90 Å². The Morgan fingerprint density at radius 2 is 2.06 bits per heavy atom. The Morgan fingerprint density at radius 3 is 2.69 bits per heavy atom. The van der Waals surface area contributed by atoms with Gasteiger partial charge < -0.3 is 10.6 Å². The number of nitrogens with two attached hydrogens (primary N) is 1. The third-order valence-electron chi connectivity index (χ3n) is 3.22. The first-order valence-electron chi connectivity index (χ1n) is 5.78. The van der Waals surface area contributed by atoms with Crippen LogP contribution < -0.4 is 5.73 Å². The minimum atomic E-state index is 0.0486. The molecule has 3 nitrogen and oxygen atoms in total. The van der Waals surface area contributed by atoms with Crippen LogP contribution in [-0.2, 0) is 4.79 Å². The normalized spacial score (nSPS) is 25.5. The van der Waals surface area contributed by atoms with E-state index in [0.717, 1.165) is 24.9 Å². The van der Waals surface area contributed by atoms with Crippen molar-refractivity contribution >= 4 is 5.91 Å². The van der Waals surface area contributed by atoms with Gasteiger partial charge in [0.2, 0.25) is 5.91 Å². The zero-order valence-corrected chi connectivity index (χ0v) is 9.60. The highest BCUT2D eigenvalue weighted by molar-refractivity contribution is 5.74. The molecule has 0 aromatic heterocycles. The number of benzene rings is 1. The van der Waals surface area contributed by atoms with Gasteiger partial charge in [-0.05, 0) is 18.4 Å². The highest BCUT2D eigenvalue weighted by Gasteiger charge is 2.31. The van der Waals surface area contributed by atoms with Crippen molar-refractivity contribution < 1.29 is 4.79 Å². The summed E-state index contributed by atoms with van der Waals surface area (Å²) in [6.45, 7) is 2.44. The van der Waals surface area contributed by atoms with Crippen molar-refractivity contribution in [3.05, 3.63) is 35.9 Å². The van der Waals surface area contributed by atoms with E-state index in [1.165, 1.54) is 0 Å². The first-order valence-corrected chi connectivity index (χ1v) is 5.78. The van der Waals surface area contributed by atoms with E-state index in [2.05, 4.69) is 0 Å². The molecule has 0 saturated carbocycles. The summed E-state index contributed by atoms with van der Waals surface area (Å²) in [7, 11) is 0. The van der Waals surface area contributed by atoms with Gasteiger partial charge in [-0.2, -0.15) is 0 Å². The molecular formula is C13H18N2O. The van der Waals surface area contributed by atoms with Gasteiger partial charge >= 0.3 is 0 Å². The Bertz CT molecular complexity index is 363. The fraction of sp³-hybridized carbons (Fsp3) is 0.462. The summed E-state index contributed by atoms with van der Waals surface area (Å²) in [6.07, 6.45) is 1.99. The lowest BCUT2D eigenvalue weighted by molar-refractivity contribution is -0.133. The summed E-state index contributed by atoms with van der Waals surface area (Å²) in [6, 6.07) is 10.2. The molecule has 0 aliphatic carbocycles. The second kappa shape index (κ2) is 4.66. The average Bonchev–Trinajstić information content (AvgIpc) is 2.29. The SMILES string of the molecule is CC(=O)N1CCC[C@H](N)[C@@H]1c1ccccc1. The van der Waals surface area contributed by atoms with Gasteiger partial charge in [0.25, 0.3) is 0 Å². The van der Waals surface area contributed by atoms with Gasteiger partial charge in [0.05, 0.1) is 6.04 Å². The van der Waals surface area contributed by atoms with Crippen LogP contribution in [0, 0.1) is 0 Å². The average molecular weight is 218 g/mol. The fourth-order valence-electron chi connectivity index (χ4n) is 2.46. The van der Waals surface area contributed by atoms with Crippen LogP contribution >= 0.6 is 0 Å². The maximum atomic E-state index is 11.6. The summed E-state index contributed by atoms with van der Waals surface area (Å²) >= 11 is 0. The van der Waals surface area contributed by atoms with E-state index >= 15 is 0 Å². The van der Waals surface area contributed by atoms with E-state index in [9.17, 15) is 4.79 Å². The molecule has 1 aliphatic heterocycles. The molecule has 2 N–H and O–H groups in total. The lowest BCUT2D eigenvalue weighted by atomic mass is 9.91. The smallest absolute Gasteiger partial charge is 0.220 e. The molecule has 2 rings (SSSR count). The molecule has 1 fully saturated rings. The van der Waals surface area contributed by atoms with Gasteiger partial charge in [0.1, 0.15) is 0 Å². The number of likely N-dealkylation sites (tertiary alicyclic amines) is 1. The molecule has 16 heavy (non-hydrogen) atoms. The topological polar surface area (TPSA) is 46.3 Å². The Morgan fingerprint density at radius 1 is 1.38 bits per heavy atom. The molecule has 1 saturated heterocycles. The second-order valence-electron chi connectivity index (χ2n) is 4.37.